The molecule has 4 amide bonds. The van der Waals surface area contributed by atoms with Gasteiger partial charge in [-0.15, -0.1) is 0 Å². The lowest BCUT2D eigenvalue weighted by Crippen LogP contribution is -2.56. The van der Waals surface area contributed by atoms with Crippen LogP contribution in [0.15, 0.2) is 64.5 Å². The van der Waals surface area contributed by atoms with Gasteiger partial charge in [-0.1, -0.05) is 24.3 Å². The van der Waals surface area contributed by atoms with Crippen LogP contribution in [0, 0.1) is 0 Å². The number of hydrazine groups is 1. The smallest absolute Gasteiger partial charge is 0.333 e. The summed E-state index contributed by atoms with van der Waals surface area (Å²) in [6, 6.07) is 9.84. The fourth-order valence-corrected chi connectivity index (χ4v) is 5.45. The molecule has 15 nitrogen and oxygen atoms in total. The van der Waals surface area contributed by atoms with E-state index >= 15 is 0 Å². The number of urea groups is 1. The van der Waals surface area contributed by atoms with Gasteiger partial charge >= 0.3 is 12.0 Å². The summed E-state index contributed by atoms with van der Waals surface area (Å²) in [4.78, 5) is 52.8. The first-order valence-electron chi connectivity index (χ1n) is 11.6. The number of sulfonamides is 1. The lowest BCUT2D eigenvalue weighted by Gasteiger charge is -2.25. The Kier molecular flexibility index (Phi) is 9.40. The van der Waals surface area contributed by atoms with E-state index in [0.717, 1.165) is 4.31 Å². The predicted octanol–water partition coefficient (Wildman–Crippen LogP) is -1.04. The summed E-state index contributed by atoms with van der Waals surface area (Å²) < 4.78 is 27.0. The van der Waals surface area contributed by atoms with Crippen molar-refractivity contribution in [2.75, 3.05) is 13.1 Å². The molecule has 2 aromatic carbocycles. The fourth-order valence-electron chi connectivity index (χ4n) is 3.78. The van der Waals surface area contributed by atoms with Crippen molar-refractivity contribution in [2.24, 2.45) is 16.5 Å². The van der Waals surface area contributed by atoms with Gasteiger partial charge in [0.15, 0.2) is 5.96 Å². The maximum absolute atomic E-state index is 13.0. The summed E-state index contributed by atoms with van der Waals surface area (Å²) in [5, 5.41) is 14.0. The van der Waals surface area contributed by atoms with E-state index in [-0.39, 0.29) is 29.4 Å². The number of hydrogen-bond donors (Lipinski definition) is 7. The molecule has 1 saturated heterocycles. The van der Waals surface area contributed by atoms with Gasteiger partial charge in [0.2, 0.25) is 15.9 Å². The van der Waals surface area contributed by atoms with Crippen molar-refractivity contribution in [1.29, 1.82) is 0 Å². The summed E-state index contributed by atoms with van der Waals surface area (Å²) in [7, 11) is -3.98. The Morgan fingerprint density at radius 2 is 1.77 bits per heavy atom. The minimum absolute atomic E-state index is 0.0165. The number of carbonyl (C=O) groups excluding carboxylic acids is 3. The van der Waals surface area contributed by atoms with E-state index in [2.05, 4.69) is 26.5 Å². The van der Waals surface area contributed by atoms with Crippen molar-refractivity contribution >= 4 is 45.5 Å². The van der Waals surface area contributed by atoms with E-state index in [4.69, 9.17) is 11.5 Å². The zero-order valence-corrected chi connectivity index (χ0v) is 21.3. The lowest BCUT2D eigenvalue weighted by atomic mass is 10.2. The Labute approximate surface area is 223 Å². The van der Waals surface area contributed by atoms with E-state index in [1.807, 2.05) is 0 Å². The normalized spacial score (nSPS) is 15.9. The van der Waals surface area contributed by atoms with Crippen LogP contribution < -0.4 is 33.0 Å². The number of carboxylic acid groups (broad SMARTS) is 1. The van der Waals surface area contributed by atoms with Gasteiger partial charge in [-0.05, 0) is 43.2 Å². The van der Waals surface area contributed by atoms with Gasteiger partial charge in [-0.3, -0.25) is 15.0 Å². The molecule has 208 valence electrons. The summed E-state index contributed by atoms with van der Waals surface area (Å²) in [5.41, 5.74) is 15.2. The third-order valence-corrected chi connectivity index (χ3v) is 7.52. The minimum Gasteiger partial charge on any atom is -0.480 e. The molecule has 2 aromatic rings. The monoisotopic (exact) mass is 560 g/mol. The largest absolute Gasteiger partial charge is 0.480 e. The molecule has 0 spiro atoms. The van der Waals surface area contributed by atoms with Crippen LogP contribution in [0.25, 0.3) is 0 Å². The Balaban J connectivity index is 1.55. The summed E-state index contributed by atoms with van der Waals surface area (Å²) in [6.45, 7) is -0.455. The number of amides is 4. The predicted molar refractivity (Wildman–Crippen MR) is 139 cm³/mol. The molecule has 0 bridgehead atoms. The van der Waals surface area contributed by atoms with E-state index in [0.29, 0.717) is 12.1 Å². The summed E-state index contributed by atoms with van der Waals surface area (Å²) in [5.74, 6) is -3.18. The average molecular weight is 561 g/mol. The maximum atomic E-state index is 13.0. The molecule has 0 saturated carbocycles. The number of nitrogens with one attached hydrogen (secondary N) is 4. The molecule has 1 aliphatic rings. The Bertz CT molecular complexity index is 1360. The first kappa shape index (κ1) is 28.9. The highest BCUT2D eigenvalue weighted by Crippen LogP contribution is 2.26. The lowest BCUT2D eigenvalue weighted by molar-refractivity contribution is -0.142. The molecule has 9 N–H and O–H groups in total. The second kappa shape index (κ2) is 12.7. The second-order valence-electron chi connectivity index (χ2n) is 8.36. The molecule has 39 heavy (non-hydrogen) atoms. The molecule has 0 radical (unpaired) electrons. The number of nitrogens with zero attached hydrogens (tertiary/aromatic N) is 2. The Hall–Kier alpha value is -4.70. The average Bonchev–Trinajstić information content (AvgIpc) is 3.41. The zero-order valence-electron chi connectivity index (χ0n) is 20.5. The van der Waals surface area contributed by atoms with Gasteiger partial charge in [-0.25, -0.2) is 28.4 Å². The topological polar surface area (TPSA) is 238 Å². The van der Waals surface area contributed by atoms with Crippen LogP contribution in [0.3, 0.4) is 0 Å². The van der Waals surface area contributed by atoms with Crippen LogP contribution in [-0.2, 0) is 19.6 Å². The van der Waals surface area contributed by atoms with Crippen LogP contribution in [0.4, 0.5) is 10.5 Å². The molecular formula is C23H28N8O7S. The van der Waals surface area contributed by atoms with E-state index < -0.39 is 52.5 Å². The minimum atomic E-state index is -3.98. The van der Waals surface area contributed by atoms with Crippen molar-refractivity contribution in [3.8, 4) is 0 Å². The number of carbonyl (C=O) groups is 4. The standard InChI is InChI=1S/C23H28N8O7S/c24-22(25)27-15-7-4-6-14(12-15)19(32)29-30-23(36)26-13-17(21(34)35)28-20(33)18-10-5-11-31(18)39(37,38)16-8-2-1-3-9-16/h1-4,6-9,12,17-18H,5,10-11,13H2,(H,28,33)(H,29,32)(H,34,35)(H4,24,25,27)(H2,26,30,36). The van der Waals surface area contributed by atoms with Crippen molar-refractivity contribution < 1.29 is 32.7 Å². The van der Waals surface area contributed by atoms with Crippen molar-refractivity contribution in [3.63, 3.8) is 0 Å². The van der Waals surface area contributed by atoms with Crippen molar-refractivity contribution in [1.82, 2.24) is 25.8 Å². The number of guanidine groups is 1. The van der Waals surface area contributed by atoms with Crippen molar-refractivity contribution in [3.05, 3.63) is 60.2 Å². The summed E-state index contributed by atoms with van der Waals surface area (Å²) >= 11 is 0. The highest BCUT2D eigenvalue weighted by Gasteiger charge is 2.40. The van der Waals surface area contributed by atoms with Crippen molar-refractivity contribution in [2.45, 2.75) is 29.8 Å². The number of rotatable bonds is 9. The fraction of sp³-hybridized carbons (Fsp3) is 0.261. The molecule has 1 heterocycles. The molecule has 1 fully saturated rings. The molecule has 0 aromatic heterocycles. The van der Waals surface area contributed by atoms with Crippen LogP contribution in [0.2, 0.25) is 0 Å². The SMILES string of the molecule is NC(N)=Nc1cccc(C(=O)NNC(=O)NCC(NC(=O)C2CCCN2S(=O)(=O)c2ccccc2)C(=O)O)c1. The number of benzene rings is 2. The van der Waals surface area contributed by atoms with Gasteiger partial charge in [-0.2, -0.15) is 4.31 Å². The van der Waals surface area contributed by atoms with Gasteiger partial charge in [0.25, 0.3) is 5.91 Å². The van der Waals surface area contributed by atoms with Crippen LogP contribution in [-0.4, -0.2) is 72.8 Å². The zero-order chi connectivity index (χ0) is 28.6. The van der Waals surface area contributed by atoms with Gasteiger partial charge in [0, 0.05) is 12.1 Å². The quantitative estimate of drug-likeness (QED) is 0.112. The maximum Gasteiger partial charge on any atom is 0.333 e. The van der Waals surface area contributed by atoms with Crippen LogP contribution >= 0.6 is 0 Å². The molecule has 1 aliphatic heterocycles. The first-order valence-corrected chi connectivity index (χ1v) is 13.1. The highest BCUT2D eigenvalue weighted by molar-refractivity contribution is 7.89. The number of aliphatic carboxylic acids is 1. The second-order valence-corrected chi connectivity index (χ2v) is 10.3. The highest BCUT2D eigenvalue weighted by atomic mass is 32.2. The molecule has 3 rings (SSSR count). The third-order valence-electron chi connectivity index (χ3n) is 5.59. The van der Waals surface area contributed by atoms with Gasteiger partial charge in [0.1, 0.15) is 12.1 Å². The molecule has 16 heteroatoms. The molecule has 2 unspecified atom stereocenters. The first-order chi connectivity index (χ1) is 18.5. The van der Waals surface area contributed by atoms with Crippen LogP contribution in [0.5, 0.6) is 0 Å². The number of aliphatic imine (C=N–C) groups is 1. The third kappa shape index (κ3) is 7.65. The van der Waals surface area contributed by atoms with Crippen LogP contribution in [0.1, 0.15) is 23.2 Å². The molecule has 2 atom stereocenters. The Morgan fingerprint density at radius 3 is 2.44 bits per heavy atom. The van der Waals surface area contributed by atoms with Gasteiger partial charge in [0.05, 0.1) is 17.1 Å². The van der Waals surface area contributed by atoms with E-state index in [1.54, 1.807) is 24.3 Å². The molecular weight excluding hydrogens is 532 g/mol. The molecule has 0 aliphatic carbocycles. The summed E-state index contributed by atoms with van der Waals surface area (Å²) in [6.07, 6.45) is 0.617. The van der Waals surface area contributed by atoms with E-state index in [1.165, 1.54) is 30.3 Å². The number of hydrogen-bond acceptors (Lipinski definition) is 7. The van der Waals surface area contributed by atoms with Gasteiger partial charge < -0.3 is 27.2 Å². The van der Waals surface area contributed by atoms with E-state index in [9.17, 15) is 32.7 Å². The number of nitrogens with two attached hydrogens (primary N) is 2. The number of carboxylic acids is 1. The Morgan fingerprint density at radius 1 is 1.05 bits per heavy atom.